The van der Waals surface area contributed by atoms with E-state index in [1.54, 1.807) is 6.20 Å². The highest BCUT2D eigenvalue weighted by atomic mass is 35.5. The third-order valence-corrected chi connectivity index (χ3v) is 4.26. The van der Waals surface area contributed by atoms with Crippen LogP contribution in [-0.4, -0.2) is 29.5 Å². The summed E-state index contributed by atoms with van der Waals surface area (Å²) in [5.74, 6) is 0.0361. The van der Waals surface area contributed by atoms with Crippen molar-refractivity contribution in [2.45, 2.75) is 51.6 Å². The molecule has 1 saturated heterocycles. The van der Waals surface area contributed by atoms with E-state index in [0.29, 0.717) is 12.1 Å². The summed E-state index contributed by atoms with van der Waals surface area (Å²) in [4.78, 5) is 17.1. The summed E-state index contributed by atoms with van der Waals surface area (Å²) < 4.78 is 0. The molecule has 20 heavy (non-hydrogen) atoms. The molecule has 116 valence electrons. The number of nitrogens with zero attached hydrogens (tertiary/aromatic N) is 1. The van der Waals surface area contributed by atoms with Gasteiger partial charge >= 0.3 is 0 Å². The number of piperidine rings is 1. The third-order valence-electron chi connectivity index (χ3n) is 3.20. The number of nitrogens with one attached hydrogen (secondary N) is 2. The Morgan fingerprint density at radius 2 is 2.30 bits per heavy atom. The van der Waals surface area contributed by atoms with E-state index in [1.807, 2.05) is 0 Å². The molecule has 2 rings (SSSR count). The number of aryl methyl sites for hydroxylation is 1. The maximum atomic E-state index is 12.1. The molecule has 0 aliphatic carbocycles. The van der Waals surface area contributed by atoms with Gasteiger partial charge in [0, 0.05) is 12.1 Å². The summed E-state index contributed by atoms with van der Waals surface area (Å²) in [5.41, 5.74) is 0. The van der Waals surface area contributed by atoms with E-state index >= 15 is 0 Å². The van der Waals surface area contributed by atoms with E-state index in [0.717, 1.165) is 42.1 Å². The second-order valence-electron chi connectivity index (χ2n) is 4.92. The molecule has 7 heteroatoms. The Kier molecular flexibility index (Phi) is 9.38. The lowest BCUT2D eigenvalue weighted by atomic mass is 10.0. The van der Waals surface area contributed by atoms with Crippen LogP contribution in [0, 0.1) is 0 Å². The average molecular weight is 340 g/mol. The lowest BCUT2D eigenvalue weighted by Gasteiger charge is -2.28. The van der Waals surface area contributed by atoms with Gasteiger partial charge in [-0.3, -0.25) is 4.79 Å². The first kappa shape index (κ1) is 19.6. The Balaban J connectivity index is 0.00000180. The van der Waals surface area contributed by atoms with Crippen molar-refractivity contribution in [1.82, 2.24) is 15.6 Å². The number of halogens is 2. The minimum absolute atomic E-state index is 0. The molecular formula is C13H23Cl2N3OS. The van der Waals surface area contributed by atoms with Crippen LogP contribution >= 0.6 is 36.2 Å². The molecule has 1 aromatic rings. The van der Waals surface area contributed by atoms with Gasteiger partial charge in [0.1, 0.15) is 4.88 Å². The molecule has 0 radical (unpaired) electrons. The minimum Gasteiger partial charge on any atom is -0.348 e. The number of amides is 1. The van der Waals surface area contributed by atoms with Gasteiger partial charge in [-0.05, 0) is 39.2 Å². The van der Waals surface area contributed by atoms with Crippen LogP contribution in [0.25, 0.3) is 0 Å². The topological polar surface area (TPSA) is 54.0 Å². The second kappa shape index (κ2) is 9.55. The summed E-state index contributed by atoms with van der Waals surface area (Å²) in [6.45, 7) is 5.26. The summed E-state index contributed by atoms with van der Waals surface area (Å²) in [7, 11) is 0. The normalized spacial score (nSPS) is 21.5. The zero-order valence-electron chi connectivity index (χ0n) is 11.8. The number of carbonyl (C=O) groups is 1. The van der Waals surface area contributed by atoms with E-state index in [-0.39, 0.29) is 30.7 Å². The molecular weight excluding hydrogens is 317 g/mol. The van der Waals surface area contributed by atoms with Crippen molar-refractivity contribution < 1.29 is 4.79 Å². The minimum atomic E-state index is 0. The number of aromatic nitrogens is 1. The zero-order chi connectivity index (χ0) is 13.0. The Morgan fingerprint density at radius 3 is 2.95 bits per heavy atom. The molecule has 0 saturated carbocycles. The standard InChI is InChI=1S/C13H21N3OS.2ClH/c1-3-4-12-15-8-11(18-12)13(17)16-10-5-6-14-9(2)7-10;;/h8-10,14H,3-7H2,1-2H3,(H,16,17);2*1H. The van der Waals surface area contributed by atoms with Gasteiger partial charge in [-0.1, -0.05) is 6.92 Å². The van der Waals surface area contributed by atoms with Crippen LogP contribution in [0.3, 0.4) is 0 Å². The number of rotatable bonds is 4. The van der Waals surface area contributed by atoms with Gasteiger partial charge in [0.25, 0.3) is 5.91 Å². The van der Waals surface area contributed by atoms with E-state index in [4.69, 9.17) is 0 Å². The summed E-state index contributed by atoms with van der Waals surface area (Å²) >= 11 is 1.52. The molecule has 1 aliphatic heterocycles. The number of hydrogen-bond acceptors (Lipinski definition) is 4. The zero-order valence-corrected chi connectivity index (χ0v) is 14.3. The predicted octanol–water partition coefficient (Wildman–Crippen LogP) is 2.81. The summed E-state index contributed by atoms with van der Waals surface area (Å²) in [6, 6.07) is 0.784. The van der Waals surface area contributed by atoms with Gasteiger partial charge in [-0.15, -0.1) is 36.2 Å². The highest BCUT2D eigenvalue weighted by molar-refractivity contribution is 7.13. The largest absolute Gasteiger partial charge is 0.348 e. The summed E-state index contributed by atoms with van der Waals surface area (Å²) in [5, 5.41) is 7.55. The maximum Gasteiger partial charge on any atom is 0.263 e. The van der Waals surface area contributed by atoms with Crippen LogP contribution in [0.15, 0.2) is 6.20 Å². The van der Waals surface area contributed by atoms with Crippen LogP contribution in [0.4, 0.5) is 0 Å². The molecule has 2 atom stereocenters. The van der Waals surface area contributed by atoms with Crippen molar-refractivity contribution in [2.75, 3.05) is 6.54 Å². The Morgan fingerprint density at radius 1 is 1.55 bits per heavy atom. The average Bonchev–Trinajstić information content (AvgIpc) is 2.78. The van der Waals surface area contributed by atoms with Gasteiger partial charge < -0.3 is 10.6 Å². The molecule has 1 aromatic heterocycles. The molecule has 2 N–H and O–H groups in total. The molecule has 2 unspecified atom stereocenters. The first-order valence-electron chi connectivity index (χ1n) is 6.68. The Hall–Kier alpha value is -0.360. The predicted molar refractivity (Wildman–Crippen MR) is 88.6 cm³/mol. The van der Waals surface area contributed by atoms with Gasteiger partial charge in [-0.25, -0.2) is 4.98 Å². The molecule has 0 aromatic carbocycles. The fourth-order valence-electron chi connectivity index (χ4n) is 2.26. The highest BCUT2D eigenvalue weighted by Gasteiger charge is 2.21. The van der Waals surface area contributed by atoms with E-state index in [2.05, 4.69) is 29.5 Å². The van der Waals surface area contributed by atoms with Crippen molar-refractivity contribution in [2.24, 2.45) is 0 Å². The molecule has 2 heterocycles. The number of carbonyl (C=O) groups excluding carboxylic acids is 1. The number of hydrogen-bond donors (Lipinski definition) is 2. The van der Waals surface area contributed by atoms with Crippen LogP contribution in [0.2, 0.25) is 0 Å². The molecule has 0 spiro atoms. The van der Waals surface area contributed by atoms with E-state index in [9.17, 15) is 4.79 Å². The van der Waals surface area contributed by atoms with Gasteiger partial charge in [0.2, 0.25) is 0 Å². The smallest absolute Gasteiger partial charge is 0.263 e. The Labute approximate surface area is 137 Å². The van der Waals surface area contributed by atoms with E-state index < -0.39 is 0 Å². The summed E-state index contributed by atoms with van der Waals surface area (Å²) in [6.07, 6.45) is 5.75. The van der Waals surface area contributed by atoms with Crippen molar-refractivity contribution >= 4 is 42.1 Å². The van der Waals surface area contributed by atoms with Crippen LogP contribution in [0.1, 0.15) is 47.8 Å². The first-order chi connectivity index (χ1) is 8.69. The van der Waals surface area contributed by atoms with Crippen molar-refractivity contribution in [1.29, 1.82) is 0 Å². The van der Waals surface area contributed by atoms with Crippen LogP contribution < -0.4 is 10.6 Å². The SMILES string of the molecule is CCCc1ncc(C(=O)NC2CCNC(C)C2)s1.Cl.Cl. The van der Waals surface area contributed by atoms with E-state index in [1.165, 1.54) is 11.3 Å². The van der Waals surface area contributed by atoms with Gasteiger partial charge in [0.05, 0.1) is 11.2 Å². The second-order valence-corrected chi connectivity index (χ2v) is 6.03. The third kappa shape index (κ3) is 5.56. The lowest BCUT2D eigenvalue weighted by molar-refractivity contribution is 0.0929. The van der Waals surface area contributed by atoms with Crippen molar-refractivity contribution in [3.63, 3.8) is 0 Å². The Bertz CT molecular complexity index is 414. The van der Waals surface area contributed by atoms with Crippen LogP contribution in [-0.2, 0) is 6.42 Å². The maximum absolute atomic E-state index is 12.1. The molecule has 1 amide bonds. The monoisotopic (exact) mass is 339 g/mol. The molecule has 0 bridgehead atoms. The van der Waals surface area contributed by atoms with Crippen LogP contribution in [0.5, 0.6) is 0 Å². The van der Waals surface area contributed by atoms with Crippen molar-refractivity contribution in [3.8, 4) is 0 Å². The fourth-order valence-corrected chi connectivity index (χ4v) is 3.19. The fraction of sp³-hybridized carbons (Fsp3) is 0.692. The van der Waals surface area contributed by atoms with Gasteiger partial charge in [-0.2, -0.15) is 0 Å². The highest BCUT2D eigenvalue weighted by Crippen LogP contribution is 2.16. The number of thiazole rings is 1. The van der Waals surface area contributed by atoms with Crippen molar-refractivity contribution in [3.05, 3.63) is 16.1 Å². The van der Waals surface area contributed by atoms with Gasteiger partial charge in [0.15, 0.2) is 0 Å². The molecule has 4 nitrogen and oxygen atoms in total. The quantitative estimate of drug-likeness (QED) is 0.886. The molecule has 1 aliphatic rings. The lowest BCUT2D eigenvalue weighted by Crippen LogP contribution is -2.46. The first-order valence-corrected chi connectivity index (χ1v) is 7.49. The molecule has 1 fully saturated rings.